The third-order valence-electron chi connectivity index (χ3n) is 3.52. The minimum atomic E-state index is 0.0463. The smallest absolute Gasteiger partial charge is 0.155 e. The highest BCUT2D eigenvalue weighted by atomic mass is 16.5. The largest absolute Gasteiger partial charge is 0.498 e. The molecule has 0 aromatic rings. The van der Waals surface area contributed by atoms with Crippen LogP contribution in [0.5, 0.6) is 0 Å². The number of hydrogen-bond acceptors (Lipinski definition) is 2. The summed E-state index contributed by atoms with van der Waals surface area (Å²) in [5, 5.41) is 0. The molecule has 1 aliphatic carbocycles. The monoisotopic (exact) mass is 224 g/mol. The Morgan fingerprint density at radius 1 is 1.38 bits per heavy atom. The quantitative estimate of drug-likeness (QED) is 0.539. The zero-order chi connectivity index (χ0) is 12.1. The van der Waals surface area contributed by atoms with Crippen LogP contribution in [-0.4, -0.2) is 11.9 Å². The van der Waals surface area contributed by atoms with Gasteiger partial charge in [-0.25, -0.2) is 0 Å². The average Bonchev–Trinajstić information content (AvgIpc) is 2.16. The van der Waals surface area contributed by atoms with E-state index in [0.717, 1.165) is 12.3 Å². The van der Waals surface area contributed by atoms with E-state index in [-0.39, 0.29) is 5.78 Å². The van der Waals surface area contributed by atoms with E-state index in [1.54, 1.807) is 13.2 Å². The molecule has 3 atom stereocenters. The van der Waals surface area contributed by atoms with E-state index in [4.69, 9.17) is 4.74 Å². The number of carbonyl (C=O) groups is 1. The predicted octanol–water partition coefficient (Wildman–Crippen LogP) is 3.57. The summed E-state index contributed by atoms with van der Waals surface area (Å²) in [6, 6.07) is 0. The molecule has 1 saturated carbocycles. The third kappa shape index (κ3) is 3.99. The van der Waals surface area contributed by atoms with Crippen LogP contribution in [-0.2, 0) is 9.53 Å². The minimum absolute atomic E-state index is 0.0463. The van der Waals surface area contributed by atoms with Crippen molar-refractivity contribution in [2.24, 2.45) is 17.8 Å². The molecule has 0 radical (unpaired) electrons. The molecule has 0 amide bonds. The second-order valence-electron chi connectivity index (χ2n) is 5.41. The lowest BCUT2D eigenvalue weighted by Crippen LogP contribution is -2.33. The van der Waals surface area contributed by atoms with Crippen LogP contribution in [0.25, 0.3) is 0 Å². The number of ketones is 1. The SMILES string of the molecule is CC(=O)/C=C/O[C@@H]1C[C@H](C)CC[C@H]1C(C)C. The van der Waals surface area contributed by atoms with E-state index < -0.39 is 0 Å². The molecule has 0 N–H and O–H groups in total. The molecule has 16 heavy (non-hydrogen) atoms. The van der Waals surface area contributed by atoms with Gasteiger partial charge in [0.1, 0.15) is 6.10 Å². The van der Waals surface area contributed by atoms with Crippen molar-refractivity contribution >= 4 is 5.78 Å². The van der Waals surface area contributed by atoms with Crippen LogP contribution in [0.15, 0.2) is 12.3 Å². The molecule has 0 unspecified atom stereocenters. The Morgan fingerprint density at radius 3 is 2.62 bits per heavy atom. The summed E-state index contributed by atoms with van der Waals surface area (Å²) in [7, 11) is 0. The minimum Gasteiger partial charge on any atom is -0.498 e. The summed E-state index contributed by atoms with van der Waals surface area (Å²) in [6.45, 7) is 8.34. The van der Waals surface area contributed by atoms with Crippen LogP contribution in [0.3, 0.4) is 0 Å². The maximum Gasteiger partial charge on any atom is 0.155 e. The average molecular weight is 224 g/mol. The summed E-state index contributed by atoms with van der Waals surface area (Å²) in [5.74, 6) is 2.08. The Kier molecular flexibility index (Phi) is 5.04. The molecule has 1 fully saturated rings. The van der Waals surface area contributed by atoms with Crippen molar-refractivity contribution in [3.05, 3.63) is 12.3 Å². The molecule has 2 nitrogen and oxygen atoms in total. The third-order valence-corrected chi connectivity index (χ3v) is 3.52. The summed E-state index contributed by atoms with van der Waals surface area (Å²) < 4.78 is 5.74. The van der Waals surface area contributed by atoms with E-state index in [2.05, 4.69) is 20.8 Å². The number of rotatable bonds is 4. The van der Waals surface area contributed by atoms with Crippen LogP contribution in [0.4, 0.5) is 0 Å². The first-order valence-corrected chi connectivity index (χ1v) is 6.33. The normalized spacial score (nSPS) is 30.9. The van der Waals surface area contributed by atoms with Crippen molar-refractivity contribution in [2.75, 3.05) is 0 Å². The van der Waals surface area contributed by atoms with E-state index >= 15 is 0 Å². The van der Waals surface area contributed by atoms with Crippen molar-refractivity contribution in [1.29, 1.82) is 0 Å². The second kappa shape index (κ2) is 6.07. The zero-order valence-electron chi connectivity index (χ0n) is 10.9. The first-order valence-electron chi connectivity index (χ1n) is 6.33. The Labute approximate surface area is 99.1 Å². The van der Waals surface area contributed by atoms with Gasteiger partial charge < -0.3 is 4.74 Å². The Bertz CT molecular complexity index is 255. The Balaban J connectivity index is 2.54. The summed E-state index contributed by atoms with van der Waals surface area (Å²) >= 11 is 0. The molecule has 0 aliphatic heterocycles. The molecule has 1 rings (SSSR count). The molecule has 1 aliphatic rings. The number of allylic oxidation sites excluding steroid dienone is 1. The molecular formula is C14H24O2. The molecule has 0 heterocycles. The highest BCUT2D eigenvalue weighted by molar-refractivity contribution is 5.86. The van der Waals surface area contributed by atoms with Gasteiger partial charge in [-0.05, 0) is 37.5 Å². The number of ether oxygens (including phenoxy) is 1. The van der Waals surface area contributed by atoms with E-state index in [1.807, 2.05) is 0 Å². The maximum atomic E-state index is 10.8. The predicted molar refractivity (Wildman–Crippen MR) is 66.0 cm³/mol. The number of carbonyl (C=O) groups excluding carboxylic acids is 1. The van der Waals surface area contributed by atoms with Gasteiger partial charge in [0.2, 0.25) is 0 Å². The molecule has 92 valence electrons. The molecule has 0 spiro atoms. The van der Waals surface area contributed by atoms with Gasteiger partial charge in [-0.2, -0.15) is 0 Å². The van der Waals surface area contributed by atoms with Gasteiger partial charge in [-0.3, -0.25) is 4.79 Å². The lowest BCUT2D eigenvalue weighted by atomic mass is 9.75. The molecular weight excluding hydrogens is 200 g/mol. The summed E-state index contributed by atoms with van der Waals surface area (Å²) in [6.07, 6.45) is 7.05. The van der Waals surface area contributed by atoms with E-state index in [9.17, 15) is 4.79 Å². The molecule has 0 bridgehead atoms. The first kappa shape index (κ1) is 13.3. The number of hydrogen-bond donors (Lipinski definition) is 0. The van der Waals surface area contributed by atoms with Crippen molar-refractivity contribution in [3.8, 4) is 0 Å². The zero-order valence-corrected chi connectivity index (χ0v) is 10.9. The van der Waals surface area contributed by atoms with Gasteiger partial charge in [0.15, 0.2) is 5.78 Å². The topological polar surface area (TPSA) is 26.3 Å². The van der Waals surface area contributed by atoms with Crippen molar-refractivity contribution in [2.45, 2.75) is 53.1 Å². The Hall–Kier alpha value is -0.790. The Morgan fingerprint density at radius 2 is 2.06 bits per heavy atom. The molecule has 0 aromatic heterocycles. The fourth-order valence-electron chi connectivity index (χ4n) is 2.51. The van der Waals surface area contributed by atoms with Crippen LogP contribution in [0, 0.1) is 17.8 Å². The fraction of sp³-hybridized carbons (Fsp3) is 0.786. The second-order valence-corrected chi connectivity index (χ2v) is 5.41. The first-order chi connectivity index (χ1) is 7.50. The van der Waals surface area contributed by atoms with Crippen molar-refractivity contribution in [1.82, 2.24) is 0 Å². The highest BCUT2D eigenvalue weighted by Crippen LogP contribution is 2.35. The summed E-state index contributed by atoms with van der Waals surface area (Å²) in [4.78, 5) is 10.8. The maximum absolute atomic E-state index is 10.8. The molecule has 2 heteroatoms. The van der Waals surface area contributed by atoms with Gasteiger partial charge in [0.05, 0.1) is 6.26 Å². The van der Waals surface area contributed by atoms with Crippen LogP contribution in [0.2, 0.25) is 0 Å². The van der Waals surface area contributed by atoms with E-state index in [0.29, 0.717) is 17.9 Å². The van der Waals surface area contributed by atoms with E-state index in [1.165, 1.54) is 18.9 Å². The lowest BCUT2D eigenvalue weighted by Gasteiger charge is -2.36. The molecule has 0 aromatic carbocycles. The van der Waals surface area contributed by atoms with Crippen LogP contribution < -0.4 is 0 Å². The summed E-state index contributed by atoms with van der Waals surface area (Å²) in [5.41, 5.74) is 0. The van der Waals surface area contributed by atoms with Crippen LogP contribution in [0.1, 0.15) is 47.0 Å². The van der Waals surface area contributed by atoms with Crippen LogP contribution >= 0.6 is 0 Å². The van der Waals surface area contributed by atoms with Gasteiger partial charge in [0.25, 0.3) is 0 Å². The van der Waals surface area contributed by atoms with Gasteiger partial charge >= 0.3 is 0 Å². The molecule has 0 saturated heterocycles. The van der Waals surface area contributed by atoms with Crippen molar-refractivity contribution < 1.29 is 9.53 Å². The van der Waals surface area contributed by atoms with Gasteiger partial charge in [-0.15, -0.1) is 0 Å². The lowest BCUT2D eigenvalue weighted by molar-refractivity contribution is -0.112. The fourth-order valence-corrected chi connectivity index (χ4v) is 2.51. The van der Waals surface area contributed by atoms with Gasteiger partial charge in [0, 0.05) is 6.08 Å². The standard InChI is InChI=1S/C14H24O2/c1-10(2)13-6-5-11(3)9-14(13)16-8-7-12(4)15/h7-8,10-11,13-14H,5-6,9H2,1-4H3/b8-7+/t11-,13+,14-/m1/s1. The van der Waals surface area contributed by atoms with Crippen molar-refractivity contribution in [3.63, 3.8) is 0 Å². The highest BCUT2D eigenvalue weighted by Gasteiger charge is 2.31. The van der Waals surface area contributed by atoms with Gasteiger partial charge in [-0.1, -0.05) is 27.2 Å².